The maximum atomic E-state index is 5.46. The van der Waals surface area contributed by atoms with Gasteiger partial charge in [-0.1, -0.05) is 32.9 Å². The molecule has 0 unspecified atom stereocenters. The minimum absolute atomic E-state index is 0.105. The lowest BCUT2D eigenvalue weighted by atomic mass is 9.85. The molecule has 0 bridgehead atoms. The molecule has 1 rings (SSSR count). The van der Waals surface area contributed by atoms with E-state index in [-0.39, 0.29) is 5.41 Å². The van der Waals surface area contributed by atoms with E-state index < -0.39 is 0 Å². The Morgan fingerprint density at radius 1 is 1.16 bits per heavy atom. The maximum Gasteiger partial charge on any atom is 0.122 e. The van der Waals surface area contributed by atoms with Crippen LogP contribution in [0.1, 0.15) is 38.3 Å². The minimum Gasteiger partial charge on any atom is -0.496 e. The molecule has 19 heavy (non-hydrogen) atoms. The van der Waals surface area contributed by atoms with Crippen molar-refractivity contribution < 1.29 is 4.74 Å². The van der Waals surface area contributed by atoms with Gasteiger partial charge in [-0.15, -0.1) is 0 Å². The third-order valence-electron chi connectivity index (χ3n) is 3.18. The quantitative estimate of drug-likeness (QED) is 0.743. The van der Waals surface area contributed by atoms with Crippen LogP contribution >= 0.6 is 0 Å². The summed E-state index contributed by atoms with van der Waals surface area (Å²) in [5.41, 5.74) is 2.69. The molecule has 108 valence electrons. The van der Waals surface area contributed by atoms with Crippen molar-refractivity contribution in [1.82, 2.24) is 10.6 Å². The van der Waals surface area contributed by atoms with Crippen LogP contribution in [0.5, 0.6) is 5.75 Å². The summed E-state index contributed by atoms with van der Waals surface area (Å²) in [4.78, 5) is 0. The van der Waals surface area contributed by atoms with Crippen molar-refractivity contribution in [2.24, 2.45) is 0 Å². The van der Waals surface area contributed by atoms with E-state index in [0.29, 0.717) is 0 Å². The first-order valence-electron chi connectivity index (χ1n) is 7.01. The summed E-state index contributed by atoms with van der Waals surface area (Å²) in [5, 5.41) is 6.63. The van der Waals surface area contributed by atoms with Crippen molar-refractivity contribution in [2.75, 3.05) is 27.2 Å². The number of ether oxygens (including phenoxy) is 1. The number of hydrogen-bond acceptors (Lipinski definition) is 3. The Morgan fingerprint density at radius 2 is 1.89 bits per heavy atom. The van der Waals surface area contributed by atoms with Gasteiger partial charge in [-0.05, 0) is 49.2 Å². The van der Waals surface area contributed by atoms with Gasteiger partial charge in [-0.3, -0.25) is 0 Å². The number of hydrogen-bond donors (Lipinski definition) is 2. The van der Waals surface area contributed by atoms with Gasteiger partial charge in [0.05, 0.1) is 7.11 Å². The van der Waals surface area contributed by atoms with E-state index in [0.717, 1.165) is 31.8 Å². The van der Waals surface area contributed by atoms with Gasteiger partial charge < -0.3 is 15.4 Å². The molecule has 0 heterocycles. The molecule has 3 heteroatoms. The predicted octanol–water partition coefficient (Wildman–Crippen LogP) is 2.69. The fourth-order valence-corrected chi connectivity index (χ4v) is 2.07. The first kappa shape index (κ1) is 16.0. The highest BCUT2D eigenvalue weighted by atomic mass is 16.5. The molecular weight excluding hydrogens is 236 g/mol. The van der Waals surface area contributed by atoms with Crippen molar-refractivity contribution in [3.63, 3.8) is 0 Å². The first-order chi connectivity index (χ1) is 8.99. The van der Waals surface area contributed by atoms with Crippen LogP contribution in [-0.2, 0) is 12.0 Å². The fraction of sp³-hybridized carbons (Fsp3) is 0.625. The van der Waals surface area contributed by atoms with E-state index in [1.807, 2.05) is 7.05 Å². The molecule has 0 radical (unpaired) electrons. The van der Waals surface area contributed by atoms with E-state index in [2.05, 4.69) is 49.6 Å². The van der Waals surface area contributed by atoms with Gasteiger partial charge in [0.15, 0.2) is 0 Å². The van der Waals surface area contributed by atoms with Gasteiger partial charge in [0.25, 0.3) is 0 Å². The van der Waals surface area contributed by atoms with E-state index in [1.165, 1.54) is 11.1 Å². The van der Waals surface area contributed by atoms with Crippen LogP contribution in [0, 0.1) is 0 Å². The van der Waals surface area contributed by atoms with Gasteiger partial charge in [0.2, 0.25) is 0 Å². The molecular formula is C16H28N2O. The van der Waals surface area contributed by atoms with Crippen molar-refractivity contribution in [2.45, 2.75) is 39.2 Å². The summed E-state index contributed by atoms with van der Waals surface area (Å²) < 4.78 is 5.46. The molecule has 0 spiro atoms. The zero-order valence-electron chi connectivity index (χ0n) is 13.0. The van der Waals surface area contributed by atoms with Crippen molar-refractivity contribution in [3.8, 4) is 5.75 Å². The second-order valence-electron chi connectivity index (χ2n) is 5.92. The van der Waals surface area contributed by atoms with E-state index in [4.69, 9.17) is 4.74 Å². The number of nitrogens with one attached hydrogen (secondary N) is 2. The second-order valence-corrected chi connectivity index (χ2v) is 5.92. The van der Waals surface area contributed by atoms with Crippen LogP contribution in [0.3, 0.4) is 0 Å². The number of methoxy groups -OCH3 is 1. The molecule has 3 nitrogen and oxygen atoms in total. The summed E-state index contributed by atoms with van der Waals surface area (Å²) in [6, 6.07) is 6.47. The smallest absolute Gasteiger partial charge is 0.122 e. The minimum atomic E-state index is 0.105. The SMILES string of the molecule is CNCCCNCc1ccc(OC)c(C(C)(C)C)c1. The largest absolute Gasteiger partial charge is 0.496 e. The molecule has 1 aromatic carbocycles. The molecule has 0 saturated carbocycles. The second kappa shape index (κ2) is 7.51. The molecule has 0 aliphatic heterocycles. The van der Waals surface area contributed by atoms with Crippen molar-refractivity contribution >= 4 is 0 Å². The zero-order chi connectivity index (χ0) is 14.3. The van der Waals surface area contributed by atoms with Crippen LogP contribution in [-0.4, -0.2) is 27.2 Å². The Morgan fingerprint density at radius 3 is 2.47 bits per heavy atom. The zero-order valence-corrected chi connectivity index (χ0v) is 13.0. The van der Waals surface area contributed by atoms with E-state index in [1.54, 1.807) is 7.11 Å². The average molecular weight is 264 g/mol. The van der Waals surface area contributed by atoms with Crippen LogP contribution in [0.25, 0.3) is 0 Å². The van der Waals surface area contributed by atoms with E-state index >= 15 is 0 Å². The lowest BCUT2D eigenvalue weighted by Gasteiger charge is -2.23. The molecule has 0 aromatic heterocycles. The Labute approximate surface area is 117 Å². The Hall–Kier alpha value is -1.06. The topological polar surface area (TPSA) is 33.3 Å². The highest BCUT2D eigenvalue weighted by Crippen LogP contribution is 2.31. The standard InChI is InChI=1S/C16H28N2O/c1-16(2,3)14-11-13(7-8-15(14)19-5)12-18-10-6-9-17-4/h7-8,11,17-18H,6,9-10,12H2,1-5H3. The summed E-state index contributed by atoms with van der Waals surface area (Å²) in [5.74, 6) is 0.978. The van der Waals surface area contributed by atoms with Gasteiger partial charge in [0, 0.05) is 6.54 Å². The average Bonchev–Trinajstić information content (AvgIpc) is 2.37. The van der Waals surface area contributed by atoms with Crippen molar-refractivity contribution in [1.29, 1.82) is 0 Å². The third kappa shape index (κ3) is 5.21. The highest BCUT2D eigenvalue weighted by molar-refractivity contribution is 5.41. The molecule has 0 amide bonds. The van der Waals surface area contributed by atoms with Crippen LogP contribution in [0.2, 0.25) is 0 Å². The Bertz CT molecular complexity index is 383. The van der Waals surface area contributed by atoms with Gasteiger partial charge in [-0.2, -0.15) is 0 Å². The lowest BCUT2D eigenvalue weighted by molar-refractivity contribution is 0.397. The molecule has 0 aliphatic rings. The Balaban J connectivity index is 2.65. The molecule has 2 N–H and O–H groups in total. The van der Waals surface area contributed by atoms with Crippen LogP contribution in [0.4, 0.5) is 0 Å². The maximum absolute atomic E-state index is 5.46. The van der Waals surface area contributed by atoms with Gasteiger partial charge >= 0.3 is 0 Å². The third-order valence-corrected chi connectivity index (χ3v) is 3.18. The fourth-order valence-electron chi connectivity index (χ4n) is 2.07. The summed E-state index contributed by atoms with van der Waals surface area (Å²) in [6.07, 6.45) is 1.15. The van der Waals surface area contributed by atoms with Crippen LogP contribution < -0.4 is 15.4 Å². The summed E-state index contributed by atoms with van der Waals surface area (Å²) in [7, 11) is 3.72. The molecule has 0 atom stereocenters. The normalized spacial score (nSPS) is 11.6. The predicted molar refractivity (Wildman–Crippen MR) is 81.9 cm³/mol. The molecule has 1 aromatic rings. The van der Waals surface area contributed by atoms with Crippen molar-refractivity contribution in [3.05, 3.63) is 29.3 Å². The van der Waals surface area contributed by atoms with E-state index in [9.17, 15) is 0 Å². The summed E-state index contributed by atoms with van der Waals surface area (Å²) in [6.45, 7) is 9.66. The first-order valence-corrected chi connectivity index (χ1v) is 7.01. The Kier molecular flexibility index (Phi) is 6.32. The number of rotatable bonds is 7. The monoisotopic (exact) mass is 264 g/mol. The van der Waals surface area contributed by atoms with Gasteiger partial charge in [-0.25, -0.2) is 0 Å². The molecule has 0 aliphatic carbocycles. The molecule has 0 fully saturated rings. The molecule has 0 saturated heterocycles. The number of benzene rings is 1. The summed E-state index contributed by atoms with van der Waals surface area (Å²) >= 11 is 0. The highest BCUT2D eigenvalue weighted by Gasteiger charge is 2.18. The van der Waals surface area contributed by atoms with Crippen LogP contribution in [0.15, 0.2) is 18.2 Å². The lowest BCUT2D eigenvalue weighted by Crippen LogP contribution is -2.20. The van der Waals surface area contributed by atoms with Gasteiger partial charge in [0.1, 0.15) is 5.75 Å².